The van der Waals surface area contributed by atoms with Crippen LogP contribution in [-0.4, -0.2) is 31.4 Å². The molecule has 1 saturated carbocycles. The van der Waals surface area contributed by atoms with Crippen molar-refractivity contribution in [3.8, 4) is 0 Å². The number of benzene rings is 2. The molecule has 4 aromatic rings. The topological polar surface area (TPSA) is 81.8 Å². The van der Waals surface area contributed by atoms with E-state index < -0.39 is 0 Å². The van der Waals surface area contributed by atoms with E-state index in [0.29, 0.717) is 15.9 Å². The van der Waals surface area contributed by atoms with Crippen LogP contribution in [0.1, 0.15) is 25.7 Å². The Morgan fingerprint density at radius 2 is 2.00 bits per heavy atom. The molecule has 1 aliphatic rings. The number of imidazole rings is 1. The highest BCUT2D eigenvalue weighted by Gasteiger charge is 2.25. The van der Waals surface area contributed by atoms with Crippen molar-refractivity contribution in [2.24, 2.45) is 0 Å². The lowest BCUT2D eigenvalue weighted by molar-refractivity contribution is 0.137. The lowest BCUT2D eigenvalue weighted by Crippen LogP contribution is -2.26. The summed E-state index contributed by atoms with van der Waals surface area (Å²) in [7, 11) is 0. The third-order valence-electron chi connectivity index (χ3n) is 5.35. The van der Waals surface area contributed by atoms with Crippen molar-refractivity contribution in [2.75, 3.05) is 0 Å². The second-order valence-corrected chi connectivity index (χ2v) is 8.29. The summed E-state index contributed by atoms with van der Waals surface area (Å²) in [5.41, 5.74) is 1.23. The zero-order valence-corrected chi connectivity index (χ0v) is 15.3. The molecule has 0 aliphatic heterocycles. The highest BCUT2D eigenvalue weighted by atomic mass is 32.2. The van der Waals surface area contributed by atoms with Crippen LogP contribution in [0.3, 0.4) is 0 Å². The molecule has 5 rings (SSSR count). The molecule has 0 spiro atoms. The van der Waals surface area contributed by atoms with Gasteiger partial charge in [-0.1, -0.05) is 24.6 Å². The maximum atomic E-state index is 13.9. The molecule has 27 heavy (non-hydrogen) atoms. The molecule has 0 saturated heterocycles. The lowest BCUT2D eigenvalue weighted by Gasteiger charge is -2.25. The summed E-state index contributed by atoms with van der Waals surface area (Å²) in [5, 5.41) is 13.6. The van der Waals surface area contributed by atoms with Gasteiger partial charge in [0.1, 0.15) is 5.82 Å². The number of aromatic amines is 2. The number of H-pyrrole nitrogens is 2. The number of thioether (sulfide) groups is 1. The van der Waals surface area contributed by atoms with Gasteiger partial charge in [0, 0.05) is 27.6 Å². The van der Waals surface area contributed by atoms with Crippen molar-refractivity contribution < 1.29 is 9.50 Å². The van der Waals surface area contributed by atoms with Gasteiger partial charge in [0.25, 0.3) is 5.56 Å². The van der Waals surface area contributed by atoms with Crippen molar-refractivity contribution in [2.45, 2.75) is 42.2 Å². The van der Waals surface area contributed by atoms with Crippen LogP contribution in [-0.2, 0) is 0 Å². The molecule has 7 heteroatoms. The van der Waals surface area contributed by atoms with Crippen LogP contribution in [0, 0.1) is 5.82 Å². The maximum Gasteiger partial charge on any atom is 0.256 e. The minimum Gasteiger partial charge on any atom is -0.392 e. The summed E-state index contributed by atoms with van der Waals surface area (Å²) in [6.07, 6.45) is 5.20. The van der Waals surface area contributed by atoms with E-state index in [0.717, 1.165) is 47.5 Å². The second kappa shape index (κ2) is 6.35. The number of pyridine rings is 1. The van der Waals surface area contributed by atoms with Crippen molar-refractivity contribution in [3.05, 3.63) is 46.6 Å². The lowest BCUT2D eigenvalue weighted by atomic mass is 9.97. The molecule has 1 aliphatic carbocycles. The highest BCUT2D eigenvalue weighted by molar-refractivity contribution is 7.99. The highest BCUT2D eigenvalue weighted by Crippen LogP contribution is 2.37. The van der Waals surface area contributed by atoms with Crippen LogP contribution >= 0.6 is 11.8 Å². The number of rotatable bonds is 2. The number of nitrogens with one attached hydrogen (secondary N) is 2. The standard InChI is InChI=1S/C20H18FN3O2S/c21-10-5-6-11-13(9-10)16-12(7-8-22-19(16)26)18-17(11)23-20(24-18)27-15-4-2-1-3-14(15)25/h5-9,14-15,25H,1-4H2,(H,22,26)(H,23,24). The molecule has 5 nitrogen and oxygen atoms in total. The summed E-state index contributed by atoms with van der Waals surface area (Å²) < 4.78 is 13.9. The van der Waals surface area contributed by atoms with E-state index in [1.165, 1.54) is 12.1 Å². The van der Waals surface area contributed by atoms with Crippen LogP contribution in [0.4, 0.5) is 4.39 Å². The number of aliphatic hydroxyl groups is 1. The van der Waals surface area contributed by atoms with E-state index in [4.69, 9.17) is 4.98 Å². The Hall–Kier alpha value is -2.38. The Kier molecular flexibility index (Phi) is 3.94. The molecule has 0 bridgehead atoms. The third-order valence-corrected chi connectivity index (χ3v) is 6.62. The number of fused-ring (bicyclic) bond motifs is 6. The first kappa shape index (κ1) is 16.8. The Balaban J connectivity index is 1.76. The van der Waals surface area contributed by atoms with Gasteiger partial charge in [-0.15, -0.1) is 0 Å². The fourth-order valence-electron chi connectivity index (χ4n) is 4.04. The van der Waals surface area contributed by atoms with E-state index in [2.05, 4.69) is 9.97 Å². The zero-order valence-electron chi connectivity index (χ0n) is 14.5. The number of aromatic nitrogens is 3. The molecule has 0 amide bonds. The Labute approximate surface area is 158 Å². The van der Waals surface area contributed by atoms with E-state index in [9.17, 15) is 14.3 Å². The molecule has 138 valence electrons. The quantitative estimate of drug-likeness (QED) is 0.455. The fraction of sp³-hybridized carbons (Fsp3) is 0.300. The van der Waals surface area contributed by atoms with Gasteiger partial charge in [-0.3, -0.25) is 4.79 Å². The smallest absolute Gasteiger partial charge is 0.256 e. The summed E-state index contributed by atoms with van der Waals surface area (Å²) in [6, 6.07) is 6.25. The van der Waals surface area contributed by atoms with Gasteiger partial charge in [0.15, 0.2) is 5.16 Å². The molecule has 2 aromatic heterocycles. The molecule has 0 radical (unpaired) electrons. The van der Waals surface area contributed by atoms with Gasteiger partial charge in [-0.2, -0.15) is 0 Å². The van der Waals surface area contributed by atoms with Gasteiger partial charge in [0.2, 0.25) is 0 Å². The van der Waals surface area contributed by atoms with Crippen LogP contribution in [0.15, 0.2) is 40.4 Å². The Morgan fingerprint density at radius 1 is 1.15 bits per heavy atom. The van der Waals surface area contributed by atoms with Gasteiger partial charge in [-0.25, -0.2) is 9.37 Å². The molecular weight excluding hydrogens is 365 g/mol. The molecule has 1 fully saturated rings. The Morgan fingerprint density at radius 3 is 2.85 bits per heavy atom. The van der Waals surface area contributed by atoms with Crippen molar-refractivity contribution in [1.29, 1.82) is 0 Å². The van der Waals surface area contributed by atoms with Crippen molar-refractivity contribution >= 4 is 44.3 Å². The first-order chi connectivity index (χ1) is 13.1. The minimum atomic E-state index is -0.387. The predicted octanol–water partition coefficient (Wildman–Crippen LogP) is 4.09. The monoisotopic (exact) mass is 383 g/mol. The number of nitrogens with zero attached hydrogens (tertiary/aromatic N) is 1. The number of hydrogen-bond acceptors (Lipinski definition) is 4. The van der Waals surface area contributed by atoms with Gasteiger partial charge in [-0.05, 0) is 37.1 Å². The van der Waals surface area contributed by atoms with Gasteiger partial charge < -0.3 is 15.1 Å². The maximum absolute atomic E-state index is 13.9. The summed E-state index contributed by atoms with van der Waals surface area (Å²) in [5.74, 6) is -0.387. The third kappa shape index (κ3) is 2.73. The van der Waals surface area contributed by atoms with Gasteiger partial charge >= 0.3 is 0 Å². The molecule has 3 N–H and O–H groups in total. The molecular formula is C20H18FN3O2S. The van der Waals surface area contributed by atoms with Crippen molar-refractivity contribution in [1.82, 2.24) is 15.0 Å². The van der Waals surface area contributed by atoms with E-state index in [1.54, 1.807) is 24.0 Å². The van der Waals surface area contributed by atoms with E-state index >= 15 is 0 Å². The number of hydrogen-bond donors (Lipinski definition) is 3. The van der Waals surface area contributed by atoms with Crippen molar-refractivity contribution in [3.63, 3.8) is 0 Å². The van der Waals surface area contributed by atoms with E-state index in [-0.39, 0.29) is 22.7 Å². The SMILES string of the molecule is O=c1[nH]ccc2c3[nH]c(SC4CCCCC4O)nc3c3ccc(F)cc3c12. The summed E-state index contributed by atoms with van der Waals surface area (Å²) in [6.45, 7) is 0. The molecule has 2 atom stereocenters. The minimum absolute atomic E-state index is 0.109. The predicted molar refractivity (Wildman–Crippen MR) is 106 cm³/mol. The summed E-state index contributed by atoms with van der Waals surface area (Å²) in [4.78, 5) is 23.2. The zero-order chi connectivity index (χ0) is 18.5. The largest absolute Gasteiger partial charge is 0.392 e. The molecule has 2 unspecified atom stereocenters. The van der Waals surface area contributed by atoms with Crippen LogP contribution in [0.2, 0.25) is 0 Å². The number of halogens is 1. The normalized spacial score (nSPS) is 20.7. The average Bonchev–Trinajstić information content (AvgIpc) is 3.07. The first-order valence-electron chi connectivity index (χ1n) is 9.09. The van der Waals surface area contributed by atoms with Crippen LogP contribution in [0.25, 0.3) is 32.6 Å². The molecule has 2 heterocycles. The van der Waals surface area contributed by atoms with E-state index in [1.807, 2.05) is 6.07 Å². The molecule has 2 aromatic carbocycles. The first-order valence-corrected chi connectivity index (χ1v) is 9.97. The second-order valence-electron chi connectivity index (χ2n) is 7.06. The van der Waals surface area contributed by atoms with Crippen LogP contribution < -0.4 is 5.56 Å². The average molecular weight is 383 g/mol. The fourth-order valence-corrected chi connectivity index (χ4v) is 5.21. The Bertz CT molecular complexity index is 1230. The van der Waals surface area contributed by atoms with Crippen LogP contribution in [0.5, 0.6) is 0 Å². The summed E-state index contributed by atoms with van der Waals surface area (Å²) >= 11 is 1.55. The number of aliphatic hydroxyl groups excluding tert-OH is 1. The van der Waals surface area contributed by atoms with Gasteiger partial charge in [0.05, 0.1) is 22.5 Å².